The molecule has 0 unspecified atom stereocenters. The lowest BCUT2D eigenvalue weighted by Crippen LogP contribution is -2.44. The first-order valence-corrected chi connectivity index (χ1v) is 4.17. The lowest BCUT2D eigenvalue weighted by molar-refractivity contribution is -0.00799. The highest BCUT2D eigenvalue weighted by molar-refractivity contribution is 4.90. The normalized spacial score (nSPS) is 34.0. The summed E-state index contributed by atoms with van der Waals surface area (Å²) in [6, 6.07) is -0.181. The van der Waals surface area contributed by atoms with Gasteiger partial charge in [-0.15, -0.1) is 0 Å². The smallest absolute Gasteiger partial charge is 0.117 e. The fraction of sp³-hybridized carbons (Fsp3) is 1.00. The maximum absolute atomic E-state index is 12.2. The van der Waals surface area contributed by atoms with E-state index in [0.29, 0.717) is 0 Å². The third-order valence-corrected chi connectivity index (χ3v) is 2.51. The highest BCUT2D eigenvalue weighted by atomic mass is 19.1. The molecule has 3 atom stereocenters. The zero-order valence-corrected chi connectivity index (χ0v) is 7.53. The topological polar surface area (TPSA) is 32.7 Å². The average molecular weight is 177 g/mol. The molecule has 0 spiro atoms. The van der Waals surface area contributed by atoms with Crippen LogP contribution in [0.15, 0.2) is 0 Å². The van der Waals surface area contributed by atoms with Crippen molar-refractivity contribution in [2.24, 2.45) is 0 Å². The molecule has 1 aliphatic rings. The van der Waals surface area contributed by atoms with Crippen molar-refractivity contribution >= 4 is 0 Å². The molecule has 4 heteroatoms. The minimum atomic E-state index is -0.914. The van der Waals surface area contributed by atoms with Gasteiger partial charge in [0.2, 0.25) is 0 Å². The lowest BCUT2D eigenvalue weighted by Gasteiger charge is -2.27. The Balaban J connectivity index is 2.56. The highest BCUT2D eigenvalue weighted by Gasteiger charge is 2.36. The van der Waals surface area contributed by atoms with Gasteiger partial charge in [0.25, 0.3) is 0 Å². The number of likely N-dealkylation sites (N-methyl/N-ethyl adjacent to an activating group) is 1. The Hall–Kier alpha value is -0.190. The van der Waals surface area contributed by atoms with E-state index in [4.69, 9.17) is 4.74 Å². The summed E-state index contributed by atoms with van der Waals surface area (Å²) in [6.45, 7) is 0.162. The summed E-state index contributed by atoms with van der Waals surface area (Å²) in [5, 5.41) is 9.33. The standard InChI is InChI=1S/C8H16FNO2/c1-10-4-3-7(12-2)8(10)6(11)5-9/h6-8,11H,3-5H2,1-2H3/t6-,7+,8-/m1/s1. The van der Waals surface area contributed by atoms with Gasteiger partial charge in [-0.2, -0.15) is 0 Å². The van der Waals surface area contributed by atoms with Crippen molar-refractivity contribution in [2.75, 3.05) is 27.4 Å². The molecule has 0 aromatic rings. The molecule has 0 amide bonds. The summed E-state index contributed by atoms with van der Waals surface area (Å²) in [5.41, 5.74) is 0. The van der Waals surface area contributed by atoms with Crippen LogP contribution in [0.4, 0.5) is 4.39 Å². The number of halogens is 1. The van der Waals surface area contributed by atoms with Crippen LogP contribution in [0.1, 0.15) is 6.42 Å². The molecule has 0 aromatic carbocycles. The molecule has 0 radical (unpaired) electrons. The third-order valence-electron chi connectivity index (χ3n) is 2.51. The van der Waals surface area contributed by atoms with Crippen molar-refractivity contribution in [1.29, 1.82) is 0 Å². The fourth-order valence-electron chi connectivity index (χ4n) is 1.82. The van der Waals surface area contributed by atoms with E-state index in [2.05, 4.69) is 0 Å². The predicted molar refractivity (Wildman–Crippen MR) is 43.8 cm³/mol. The van der Waals surface area contributed by atoms with E-state index < -0.39 is 12.8 Å². The van der Waals surface area contributed by atoms with Crippen LogP contribution in [0.5, 0.6) is 0 Å². The number of aliphatic hydroxyl groups is 1. The largest absolute Gasteiger partial charge is 0.389 e. The van der Waals surface area contributed by atoms with Crippen molar-refractivity contribution < 1.29 is 14.2 Å². The van der Waals surface area contributed by atoms with E-state index in [9.17, 15) is 9.50 Å². The van der Waals surface area contributed by atoms with Gasteiger partial charge < -0.3 is 9.84 Å². The van der Waals surface area contributed by atoms with Crippen LogP contribution in [-0.4, -0.2) is 55.6 Å². The van der Waals surface area contributed by atoms with Gasteiger partial charge in [0.1, 0.15) is 12.8 Å². The summed E-state index contributed by atoms with van der Waals surface area (Å²) < 4.78 is 17.3. The van der Waals surface area contributed by atoms with Crippen molar-refractivity contribution in [3.63, 3.8) is 0 Å². The molecule has 12 heavy (non-hydrogen) atoms. The van der Waals surface area contributed by atoms with Crippen LogP contribution in [0, 0.1) is 0 Å². The van der Waals surface area contributed by atoms with E-state index in [-0.39, 0.29) is 12.1 Å². The summed E-state index contributed by atoms with van der Waals surface area (Å²) in [6.07, 6.45) is -0.0717. The molecular formula is C8H16FNO2. The van der Waals surface area contributed by atoms with Crippen LogP contribution in [0.3, 0.4) is 0 Å². The molecule has 1 heterocycles. The maximum Gasteiger partial charge on any atom is 0.117 e. The molecule has 1 fully saturated rings. The Bertz CT molecular complexity index is 145. The Labute approximate surface area is 72.1 Å². The van der Waals surface area contributed by atoms with Gasteiger partial charge in [0, 0.05) is 13.7 Å². The molecule has 0 bridgehead atoms. The number of alkyl halides is 1. The number of aliphatic hydroxyl groups excluding tert-OH is 1. The molecule has 3 nitrogen and oxygen atoms in total. The Morgan fingerprint density at radius 3 is 2.92 bits per heavy atom. The van der Waals surface area contributed by atoms with Gasteiger partial charge in [-0.25, -0.2) is 4.39 Å². The number of hydrogen-bond donors (Lipinski definition) is 1. The van der Waals surface area contributed by atoms with Crippen molar-refractivity contribution in [1.82, 2.24) is 4.90 Å². The Kier molecular flexibility index (Phi) is 3.43. The second-order valence-electron chi connectivity index (χ2n) is 3.26. The zero-order chi connectivity index (χ0) is 9.14. The van der Waals surface area contributed by atoms with Crippen LogP contribution < -0.4 is 0 Å². The Morgan fingerprint density at radius 2 is 2.42 bits per heavy atom. The molecule has 0 saturated carbocycles. The van der Waals surface area contributed by atoms with Crippen LogP contribution >= 0.6 is 0 Å². The number of methoxy groups -OCH3 is 1. The number of rotatable bonds is 3. The number of hydrogen-bond acceptors (Lipinski definition) is 3. The predicted octanol–water partition coefficient (Wildman–Crippen LogP) is 0.0359. The summed E-state index contributed by atoms with van der Waals surface area (Å²) >= 11 is 0. The van der Waals surface area contributed by atoms with Crippen molar-refractivity contribution in [3.8, 4) is 0 Å². The average Bonchev–Trinajstić information content (AvgIpc) is 2.45. The van der Waals surface area contributed by atoms with Gasteiger partial charge in [-0.3, -0.25) is 4.90 Å². The van der Waals surface area contributed by atoms with Gasteiger partial charge in [0.15, 0.2) is 0 Å². The van der Waals surface area contributed by atoms with Gasteiger partial charge in [-0.05, 0) is 13.5 Å². The van der Waals surface area contributed by atoms with Crippen molar-refractivity contribution in [3.05, 3.63) is 0 Å². The second-order valence-corrected chi connectivity index (χ2v) is 3.26. The molecule has 1 saturated heterocycles. The SMILES string of the molecule is CO[C@H]1CCN(C)[C@@H]1[C@H](O)CF. The van der Waals surface area contributed by atoms with Gasteiger partial charge >= 0.3 is 0 Å². The zero-order valence-electron chi connectivity index (χ0n) is 7.53. The first kappa shape index (κ1) is 9.89. The van der Waals surface area contributed by atoms with Crippen LogP contribution in [0.2, 0.25) is 0 Å². The summed E-state index contributed by atoms with van der Waals surface area (Å²) in [7, 11) is 3.48. The Morgan fingerprint density at radius 1 is 1.75 bits per heavy atom. The number of nitrogens with zero attached hydrogens (tertiary/aromatic N) is 1. The van der Waals surface area contributed by atoms with Gasteiger partial charge in [-0.1, -0.05) is 0 Å². The number of ether oxygens (including phenoxy) is 1. The highest BCUT2D eigenvalue weighted by Crippen LogP contribution is 2.21. The lowest BCUT2D eigenvalue weighted by atomic mass is 10.1. The van der Waals surface area contributed by atoms with E-state index >= 15 is 0 Å². The van der Waals surface area contributed by atoms with E-state index in [1.807, 2.05) is 11.9 Å². The molecule has 72 valence electrons. The quantitative estimate of drug-likeness (QED) is 0.660. The summed E-state index contributed by atoms with van der Waals surface area (Å²) in [4.78, 5) is 1.94. The first-order valence-electron chi connectivity index (χ1n) is 4.17. The van der Waals surface area contributed by atoms with Crippen LogP contribution in [-0.2, 0) is 4.74 Å². The van der Waals surface area contributed by atoms with Crippen LogP contribution in [0.25, 0.3) is 0 Å². The molecular weight excluding hydrogens is 161 g/mol. The summed E-state index contributed by atoms with van der Waals surface area (Å²) in [5.74, 6) is 0. The first-order chi connectivity index (χ1) is 5.70. The molecule has 0 aromatic heterocycles. The van der Waals surface area contributed by atoms with Crippen molar-refractivity contribution in [2.45, 2.75) is 24.7 Å². The molecule has 1 rings (SSSR count). The van der Waals surface area contributed by atoms with E-state index in [0.717, 1.165) is 13.0 Å². The molecule has 1 aliphatic heterocycles. The maximum atomic E-state index is 12.2. The van der Waals surface area contributed by atoms with Gasteiger partial charge in [0.05, 0.1) is 12.1 Å². The molecule has 1 N–H and O–H groups in total. The number of likely N-dealkylation sites (tertiary alicyclic amines) is 1. The molecule has 0 aliphatic carbocycles. The minimum absolute atomic E-state index is 0.0271. The van der Waals surface area contributed by atoms with E-state index in [1.165, 1.54) is 0 Å². The fourth-order valence-corrected chi connectivity index (χ4v) is 1.82. The monoisotopic (exact) mass is 177 g/mol. The second kappa shape index (κ2) is 4.16. The van der Waals surface area contributed by atoms with E-state index in [1.54, 1.807) is 7.11 Å². The minimum Gasteiger partial charge on any atom is -0.389 e. The third kappa shape index (κ3) is 1.76.